The Hall–Kier alpha value is -2.44. The molecule has 4 N–H and O–H groups in total. The summed E-state index contributed by atoms with van der Waals surface area (Å²) in [6.07, 6.45) is 0. The third kappa shape index (κ3) is 6.84. The van der Waals surface area contributed by atoms with E-state index in [9.17, 15) is 10.2 Å². The summed E-state index contributed by atoms with van der Waals surface area (Å²) in [6.45, 7) is 11.8. The van der Waals surface area contributed by atoms with Gasteiger partial charge in [-0.1, -0.05) is 38.1 Å². The van der Waals surface area contributed by atoms with Gasteiger partial charge in [0.25, 0.3) is 0 Å². The van der Waals surface area contributed by atoms with Crippen molar-refractivity contribution in [3.05, 3.63) is 47.5 Å². The minimum atomic E-state index is -0.0136. The first-order valence-electron chi connectivity index (χ1n) is 10.2. The average Bonchev–Trinajstić information content (AvgIpc) is 2.68. The summed E-state index contributed by atoms with van der Waals surface area (Å²) in [5.74, 6) is 1.42. The first-order valence-corrected chi connectivity index (χ1v) is 10.2. The summed E-state index contributed by atoms with van der Waals surface area (Å²) in [7, 11) is 0. The SMILES string of the molecule is CCOc1cccc(CNCC(C)(C)CNCc2cccc(OCC)c2O)c1O. The summed E-state index contributed by atoms with van der Waals surface area (Å²) in [6, 6.07) is 11.1. The average molecular weight is 403 g/mol. The lowest BCUT2D eigenvalue weighted by atomic mass is 9.93. The molecule has 29 heavy (non-hydrogen) atoms. The highest BCUT2D eigenvalue weighted by Crippen LogP contribution is 2.30. The molecule has 0 aromatic heterocycles. The van der Waals surface area contributed by atoms with Crippen LogP contribution in [0.15, 0.2) is 36.4 Å². The summed E-state index contributed by atoms with van der Waals surface area (Å²) < 4.78 is 10.9. The van der Waals surface area contributed by atoms with E-state index in [1.165, 1.54) is 0 Å². The third-order valence-corrected chi connectivity index (χ3v) is 4.60. The molecule has 0 aliphatic heterocycles. The van der Waals surface area contributed by atoms with Crippen LogP contribution in [-0.4, -0.2) is 36.5 Å². The van der Waals surface area contributed by atoms with E-state index >= 15 is 0 Å². The number of rotatable bonds is 12. The van der Waals surface area contributed by atoms with Crippen LogP contribution in [0.5, 0.6) is 23.0 Å². The van der Waals surface area contributed by atoms with Crippen molar-refractivity contribution in [1.29, 1.82) is 0 Å². The smallest absolute Gasteiger partial charge is 0.162 e. The zero-order chi connectivity index (χ0) is 21.3. The second-order valence-electron chi connectivity index (χ2n) is 7.77. The summed E-state index contributed by atoms with van der Waals surface area (Å²) in [4.78, 5) is 0. The van der Waals surface area contributed by atoms with E-state index in [1.807, 2.05) is 38.1 Å². The lowest BCUT2D eigenvalue weighted by Gasteiger charge is -2.26. The zero-order valence-corrected chi connectivity index (χ0v) is 17.9. The van der Waals surface area contributed by atoms with Gasteiger partial charge in [0, 0.05) is 37.3 Å². The lowest BCUT2D eigenvalue weighted by Crippen LogP contribution is -2.37. The number of aromatic hydroxyl groups is 2. The Kier molecular flexibility index (Phi) is 8.61. The van der Waals surface area contributed by atoms with Crippen LogP contribution in [-0.2, 0) is 13.1 Å². The van der Waals surface area contributed by atoms with Crippen LogP contribution >= 0.6 is 0 Å². The second-order valence-corrected chi connectivity index (χ2v) is 7.77. The van der Waals surface area contributed by atoms with Crippen LogP contribution in [0, 0.1) is 5.41 Å². The molecule has 0 spiro atoms. The van der Waals surface area contributed by atoms with E-state index in [2.05, 4.69) is 24.5 Å². The monoisotopic (exact) mass is 402 g/mol. The van der Waals surface area contributed by atoms with Crippen molar-refractivity contribution >= 4 is 0 Å². The molecule has 0 radical (unpaired) electrons. The van der Waals surface area contributed by atoms with Crippen LogP contribution in [0.1, 0.15) is 38.8 Å². The van der Waals surface area contributed by atoms with Gasteiger partial charge in [-0.25, -0.2) is 0 Å². The molecule has 0 heterocycles. The highest BCUT2D eigenvalue weighted by atomic mass is 16.5. The minimum Gasteiger partial charge on any atom is -0.504 e. The van der Waals surface area contributed by atoms with E-state index in [1.54, 1.807) is 12.1 Å². The molecule has 2 aromatic carbocycles. The largest absolute Gasteiger partial charge is 0.504 e. The molecule has 6 heteroatoms. The van der Waals surface area contributed by atoms with Gasteiger partial charge in [0.15, 0.2) is 23.0 Å². The fraction of sp³-hybridized carbons (Fsp3) is 0.478. The number of phenolic OH excluding ortho intramolecular Hbond substituents is 2. The molecule has 0 bridgehead atoms. The van der Waals surface area contributed by atoms with Crippen LogP contribution in [0.3, 0.4) is 0 Å². The molecule has 0 atom stereocenters. The number of nitrogens with one attached hydrogen (secondary N) is 2. The number of hydrogen-bond donors (Lipinski definition) is 4. The maximum atomic E-state index is 10.3. The van der Waals surface area contributed by atoms with E-state index in [4.69, 9.17) is 9.47 Å². The van der Waals surface area contributed by atoms with Crippen molar-refractivity contribution in [2.75, 3.05) is 26.3 Å². The molecule has 2 aromatic rings. The van der Waals surface area contributed by atoms with Crippen molar-refractivity contribution in [2.24, 2.45) is 5.41 Å². The van der Waals surface area contributed by atoms with Crippen molar-refractivity contribution in [3.8, 4) is 23.0 Å². The van der Waals surface area contributed by atoms with Gasteiger partial charge in [0.2, 0.25) is 0 Å². The Morgan fingerprint density at radius 3 is 1.55 bits per heavy atom. The van der Waals surface area contributed by atoms with Crippen molar-refractivity contribution in [1.82, 2.24) is 10.6 Å². The number of ether oxygens (including phenoxy) is 2. The minimum absolute atomic E-state index is 0.0136. The Morgan fingerprint density at radius 2 is 1.17 bits per heavy atom. The number of phenols is 2. The predicted molar refractivity (Wildman–Crippen MR) is 116 cm³/mol. The van der Waals surface area contributed by atoms with E-state index in [0.29, 0.717) is 37.8 Å². The molecule has 0 amide bonds. The first-order chi connectivity index (χ1) is 13.9. The fourth-order valence-corrected chi connectivity index (χ4v) is 3.10. The van der Waals surface area contributed by atoms with Crippen LogP contribution in [0.2, 0.25) is 0 Å². The fourth-order valence-electron chi connectivity index (χ4n) is 3.10. The van der Waals surface area contributed by atoms with Gasteiger partial charge in [-0.15, -0.1) is 0 Å². The molecule has 6 nitrogen and oxygen atoms in total. The molecule has 0 aliphatic carbocycles. The van der Waals surface area contributed by atoms with Gasteiger partial charge < -0.3 is 30.3 Å². The predicted octanol–water partition coefficient (Wildman–Crippen LogP) is 3.80. The number of hydrogen-bond acceptors (Lipinski definition) is 6. The van der Waals surface area contributed by atoms with Gasteiger partial charge in [0.05, 0.1) is 13.2 Å². The molecule has 160 valence electrons. The Morgan fingerprint density at radius 1 is 0.759 bits per heavy atom. The van der Waals surface area contributed by atoms with Gasteiger partial charge in [-0.2, -0.15) is 0 Å². The van der Waals surface area contributed by atoms with Crippen molar-refractivity contribution < 1.29 is 19.7 Å². The van der Waals surface area contributed by atoms with Crippen molar-refractivity contribution in [2.45, 2.75) is 40.8 Å². The second kappa shape index (κ2) is 10.9. The van der Waals surface area contributed by atoms with Gasteiger partial charge >= 0.3 is 0 Å². The van der Waals surface area contributed by atoms with Crippen LogP contribution in [0.4, 0.5) is 0 Å². The summed E-state index contributed by atoms with van der Waals surface area (Å²) in [5, 5.41) is 27.4. The molecule has 0 unspecified atom stereocenters. The van der Waals surface area contributed by atoms with Crippen LogP contribution < -0.4 is 20.1 Å². The molecule has 0 aliphatic rings. The molecule has 0 saturated carbocycles. The van der Waals surface area contributed by atoms with E-state index in [0.717, 1.165) is 24.2 Å². The number of para-hydroxylation sites is 2. The van der Waals surface area contributed by atoms with E-state index < -0.39 is 0 Å². The quantitative estimate of drug-likeness (QED) is 0.432. The van der Waals surface area contributed by atoms with Crippen LogP contribution in [0.25, 0.3) is 0 Å². The standard InChI is InChI=1S/C23H34N2O4/c1-5-28-19-11-7-9-17(21(19)26)13-24-15-23(3,4)16-25-14-18-10-8-12-20(22(18)27)29-6-2/h7-12,24-27H,5-6,13-16H2,1-4H3. The first kappa shape index (κ1) is 22.8. The Bertz CT molecular complexity index is 714. The van der Waals surface area contributed by atoms with Gasteiger partial charge in [-0.3, -0.25) is 0 Å². The number of benzene rings is 2. The molecular formula is C23H34N2O4. The highest BCUT2D eigenvalue weighted by Gasteiger charge is 2.18. The summed E-state index contributed by atoms with van der Waals surface area (Å²) >= 11 is 0. The van der Waals surface area contributed by atoms with Gasteiger partial charge in [-0.05, 0) is 31.4 Å². The molecular weight excluding hydrogens is 368 g/mol. The molecule has 0 fully saturated rings. The summed E-state index contributed by atoms with van der Waals surface area (Å²) in [5.41, 5.74) is 1.62. The van der Waals surface area contributed by atoms with Gasteiger partial charge in [0.1, 0.15) is 0 Å². The highest BCUT2D eigenvalue weighted by molar-refractivity contribution is 5.46. The molecule has 0 saturated heterocycles. The normalized spacial score (nSPS) is 11.4. The van der Waals surface area contributed by atoms with E-state index in [-0.39, 0.29) is 16.9 Å². The maximum Gasteiger partial charge on any atom is 0.162 e. The topological polar surface area (TPSA) is 83.0 Å². The third-order valence-electron chi connectivity index (χ3n) is 4.60. The maximum absolute atomic E-state index is 10.3. The Balaban J connectivity index is 1.82. The van der Waals surface area contributed by atoms with Crippen molar-refractivity contribution in [3.63, 3.8) is 0 Å². The lowest BCUT2D eigenvalue weighted by molar-refractivity contribution is 0.307. The molecule has 2 rings (SSSR count). The zero-order valence-electron chi connectivity index (χ0n) is 17.9. The Labute approximate surface area is 173 Å².